The van der Waals surface area contributed by atoms with Crippen LogP contribution in [0, 0.1) is 52.0 Å². The summed E-state index contributed by atoms with van der Waals surface area (Å²) in [5.41, 5.74) is 29.3. The Kier molecular flexibility index (Phi) is 57.9. The standard InChI is InChI=1S/2C27H20N14O4S4.4CO2.4K.4Li/c2*1-12-18(20(28)40(38-12)16-7-3-5-14(9-16)22(42)43)30-32-24-34-36-26(48-24)46-11-47-27-37-35-25(49-27)33-31-19-13(2)39-41(21(19)29)17-8-4-6-15(10-17)23(44)45;4*2-1-3;;;;;;;;/h2*5-10H,11,28-29H2,1-2H3,(H,42,43)(H,44,45);;;;;;;;;;;;/q2*-2;;;;;8*+1/p-4. The van der Waals surface area contributed by atoms with Crippen LogP contribution in [0.2, 0.25) is 0 Å². The maximum atomic E-state index is 11.2. The Bertz CT molecular complexity index is 4980. The van der Waals surface area contributed by atoms with Crippen LogP contribution < -0.4 is 324 Å². The van der Waals surface area contributed by atoms with Gasteiger partial charge in [-0.2, -0.15) is 132 Å². The molecule has 8 N–H and O–H groups in total. The van der Waals surface area contributed by atoms with E-state index in [1.165, 1.54) is 184 Å². The Labute approximate surface area is 913 Å². The normalized spacial score (nSPS) is 9.93. The van der Waals surface area contributed by atoms with E-state index in [0.717, 1.165) is 0 Å². The Morgan fingerprint density at radius 1 is 0.347 bits per heavy atom. The van der Waals surface area contributed by atoms with Crippen molar-refractivity contribution in [1.82, 2.24) is 79.9 Å². The second-order valence-electron chi connectivity index (χ2n) is 19.3. The number of anilines is 4. The van der Waals surface area contributed by atoms with Gasteiger partial charge in [-0.1, -0.05) is 92.4 Å². The molecule has 0 spiro atoms. The van der Waals surface area contributed by atoms with Crippen molar-refractivity contribution in [3.8, 4) is 22.7 Å². The van der Waals surface area contributed by atoms with Gasteiger partial charge in [0, 0.05) is 23.9 Å². The van der Waals surface area contributed by atoms with Crippen molar-refractivity contribution < 1.29 is 359 Å². The van der Waals surface area contributed by atoms with E-state index in [9.17, 15) is 39.6 Å². The van der Waals surface area contributed by atoms with Gasteiger partial charge in [0.05, 0.1) is 32.9 Å². The average Bonchev–Trinajstić information content (AvgIpc) is 1.67. The smallest absolute Gasteiger partial charge is 0.559 e. The summed E-state index contributed by atoms with van der Waals surface area (Å²) >= 11 is 10.6. The number of aryl methyl sites for hydroxylation is 4. The Hall–Kier alpha value is -4.70. The van der Waals surface area contributed by atoms with Crippen LogP contribution in [0.3, 0.4) is 0 Å². The zero-order valence-electron chi connectivity index (χ0n) is 63.2. The number of carbonyl (C=O) groups excluding carboxylic acids is 12. The van der Waals surface area contributed by atoms with Gasteiger partial charge in [0.15, 0.2) is 17.4 Å². The number of hydrogen-bond donors (Lipinski definition) is 4. The minimum atomic E-state index is -1.34. The van der Waals surface area contributed by atoms with Crippen molar-refractivity contribution in [3.63, 3.8) is 0 Å². The summed E-state index contributed by atoms with van der Waals surface area (Å²) in [5, 5.41) is 131. The molecule has 8 aromatic heterocycles. The van der Waals surface area contributed by atoms with Gasteiger partial charge < -0.3 is 62.5 Å². The van der Waals surface area contributed by atoms with Crippen LogP contribution in [0.25, 0.3) is 22.7 Å². The molecule has 0 bridgehead atoms. The van der Waals surface area contributed by atoms with E-state index in [4.69, 9.17) is 61.3 Å². The third kappa shape index (κ3) is 34.1. The third-order valence-electron chi connectivity index (χ3n) is 12.5. The number of hydrogen-bond acceptors (Lipinski definition) is 48. The number of aromatic carboxylic acids is 4. The van der Waals surface area contributed by atoms with Gasteiger partial charge >= 0.3 is 306 Å². The molecule has 0 atom stereocenters. The van der Waals surface area contributed by atoms with Crippen molar-refractivity contribution in [1.29, 1.82) is 0 Å². The molecule has 118 heavy (non-hydrogen) atoms. The van der Waals surface area contributed by atoms with Gasteiger partial charge in [-0.3, -0.25) is 18.7 Å². The van der Waals surface area contributed by atoms with Crippen LogP contribution in [-0.4, -0.2) is 139 Å². The molecule has 8 heterocycles. The van der Waals surface area contributed by atoms with Gasteiger partial charge in [0.25, 0.3) is 20.5 Å². The van der Waals surface area contributed by atoms with Gasteiger partial charge in [-0.15, -0.1) is 128 Å². The van der Waals surface area contributed by atoms with Gasteiger partial charge in [-0.05, 0) is 50.4 Å². The molecule has 0 amide bonds. The molecular formula is C58H36K4Li4N28O16S8. The molecule has 4 aromatic carbocycles. The summed E-state index contributed by atoms with van der Waals surface area (Å²) in [4.78, 5) is 110. The van der Waals surface area contributed by atoms with E-state index < -0.39 is 23.9 Å². The molecule has 60 heteroatoms. The van der Waals surface area contributed by atoms with Gasteiger partial charge in [0.2, 0.25) is 0 Å². The molecule has 0 fully saturated rings. The number of nitrogens with two attached hydrogens (primary N) is 4. The van der Waals surface area contributed by atoms with E-state index in [-0.39, 0.29) is 351 Å². The summed E-state index contributed by atoms with van der Waals surface area (Å²) in [5.74, 6) is -4.74. The number of benzene rings is 4. The average molecular weight is 1820 g/mol. The second kappa shape index (κ2) is 59.2. The van der Waals surface area contributed by atoms with E-state index >= 15 is 0 Å². The van der Waals surface area contributed by atoms with Crippen molar-refractivity contribution in [2.24, 2.45) is 40.9 Å². The van der Waals surface area contributed by atoms with E-state index in [1.54, 1.807) is 27.7 Å². The molecule has 0 aliphatic heterocycles. The molecule has 0 aliphatic rings. The number of rotatable bonds is 24. The fourth-order valence-electron chi connectivity index (χ4n) is 8.06. The molecule has 12 aromatic rings. The number of nitrogens with zero attached hydrogens (tertiary/aromatic N) is 24. The number of carboxylic acids is 4. The molecule has 560 valence electrons. The molecular weight excluding hydrogens is 1790 g/mol. The van der Waals surface area contributed by atoms with Crippen LogP contribution in [0.1, 0.15) is 64.2 Å². The maximum absolute atomic E-state index is 11.2. The van der Waals surface area contributed by atoms with Crippen molar-refractivity contribution in [2.45, 2.75) is 45.1 Å². The summed E-state index contributed by atoms with van der Waals surface area (Å²) in [6.07, 6.45) is 1.00. The first-order valence-electron chi connectivity index (χ1n) is 28.6. The molecule has 0 aliphatic carbocycles. The Morgan fingerprint density at radius 3 is 0.695 bits per heavy atom. The molecule has 0 radical (unpaired) electrons. The monoisotopic (exact) mass is 1820 g/mol. The van der Waals surface area contributed by atoms with Crippen LogP contribution in [0.15, 0.2) is 131 Å². The summed E-state index contributed by atoms with van der Waals surface area (Å²) in [6, 6.07) is 27.7. The third-order valence-corrected chi connectivity index (χ3v) is 20.5. The predicted octanol–water partition coefficient (Wildman–Crippen LogP) is -19.2. The second-order valence-corrected chi connectivity index (χ2v) is 28.8. The predicted molar refractivity (Wildman–Crippen MR) is 373 cm³/mol. The molecule has 0 saturated heterocycles. The van der Waals surface area contributed by atoms with Gasteiger partial charge in [-0.25, -0.2) is 0 Å². The van der Waals surface area contributed by atoms with Crippen LogP contribution in [0.4, 0.5) is 66.5 Å². The minimum Gasteiger partial charge on any atom is -0.559 e. The van der Waals surface area contributed by atoms with Crippen LogP contribution in [0.5, 0.6) is 0 Å². The van der Waals surface area contributed by atoms with Crippen molar-refractivity contribution in [3.05, 3.63) is 142 Å². The van der Waals surface area contributed by atoms with Crippen molar-refractivity contribution in [2.75, 3.05) is 33.1 Å². The number of azo groups is 4. The fourth-order valence-corrected chi connectivity index (χ4v) is 15.7. The number of aromatic nitrogens is 16. The summed E-state index contributed by atoms with van der Waals surface area (Å²) in [7, 11) is 0. The number of thioether (sulfide) groups is 4. The zero-order valence-corrected chi connectivity index (χ0v) is 82.2. The van der Waals surface area contributed by atoms with E-state index in [1.807, 2.05) is 0 Å². The number of nitrogen functional groups attached to an aromatic ring is 4. The molecule has 0 saturated carbocycles. The first-order valence-corrected chi connectivity index (χ1v) is 35.8. The quantitative estimate of drug-likeness (QED) is 0.0143. The van der Waals surface area contributed by atoms with Crippen molar-refractivity contribution >= 4 is 207 Å². The molecule has 0 unspecified atom stereocenters. The first kappa shape index (κ1) is 115. The van der Waals surface area contributed by atoms with Gasteiger partial charge in [0.1, 0.15) is 46.0 Å². The molecule has 44 nitrogen and oxygen atoms in total. The zero-order chi connectivity index (χ0) is 80.1. The summed E-state index contributed by atoms with van der Waals surface area (Å²) in [6.45, 7) is 6.78. The van der Waals surface area contributed by atoms with E-state index in [0.29, 0.717) is 116 Å². The number of carboxylic acid groups (broad SMARTS) is 4. The minimum absolute atomic E-state index is 0. The van der Waals surface area contributed by atoms with E-state index in [2.05, 4.69) is 126 Å². The topological polar surface area (TPSA) is 674 Å². The Balaban J connectivity index is 0. The maximum Gasteiger partial charge on any atom is 1.00 e. The SMILES string of the molecule is Cc1nn(-c2c[c-]cc(C(=O)[O-])c2)c(N)c1N=Nc1nnc(SCSc2nnc(N=Nc3c(C)nn(-c4c[c-]cc(C(=O)[O-])c4)c3N)s2)s1.Cc1nn(-c2c[c-]cc(C(=O)[O-])c2)c(N)c1N=Nc1nnc(SCSc2nnc(N=Nc3c(C)nn(-c4c[c-]cc(C(=O)[O-])c4)c3N)s2)s1.O=C=O.O=C=O.O=C=O.O=C=O.[K+].[K+].[K+].[K+].[Li+].[Li+].[Li+].[Li+]. The first-order chi connectivity index (χ1) is 52.8. The van der Waals surface area contributed by atoms with Crippen LogP contribution >= 0.6 is 92.4 Å². The summed E-state index contributed by atoms with van der Waals surface area (Å²) < 4.78 is 7.96. The van der Waals surface area contributed by atoms with Crippen LogP contribution in [-0.2, 0) is 38.4 Å². The fraction of sp³-hybridized carbons (Fsp3) is 0.103. The molecule has 12 rings (SSSR count). The largest absolute Gasteiger partial charge is 1.00 e. The Morgan fingerprint density at radius 2 is 0.525 bits per heavy atom. The number of carbonyl (C=O) groups is 4.